The lowest BCUT2D eigenvalue weighted by molar-refractivity contribution is -0.121. The highest BCUT2D eigenvalue weighted by Gasteiger charge is 2.20. The number of carbonyl (C=O) groups excluding carboxylic acids is 1. The van der Waals surface area contributed by atoms with Gasteiger partial charge in [0.15, 0.2) is 11.5 Å². The molecule has 1 saturated carbocycles. The van der Waals surface area contributed by atoms with E-state index in [0.717, 1.165) is 44.1 Å². The lowest BCUT2D eigenvalue weighted by Crippen LogP contribution is -2.37. The molecule has 1 aliphatic carbocycles. The van der Waals surface area contributed by atoms with Crippen molar-refractivity contribution in [3.8, 4) is 11.5 Å². The van der Waals surface area contributed by atoms with E-state index in [1.807, 2.05) is 0 Å². The minimum Gasteiger partial charge on any atom is -0.504 e. The number of nitrogens with one attached hydrogen (secondary N) is 1. The lowest BCUT2D eigenvalue weighted by Gasteiger charge is -2.27. The summed E-state index contributed by atoms with van der Waals surface area (Å²) in [6.07, 6.45) is 6.87. The summed E-state index contributed by atoms with van der Waals surface area (Å²) in [4.78, 5) is 12.3. The minimum atomic E-state index is 0.0337. The molecule has 0 saturated heterocycles. The molecule has 1 amide bonds. The van der Waals surface area contributed by atoms with Crippen LogP contribution < -0.4 is 10.1 Å². The summed E-state index contributed by atoms with van der Waals surface area (Å²) in [5.74, 6) is 0.529. The molecule has 24 heavy (non-hydrogen) atoms. The fourth-order valence-corrected chi connectivity index (χ4v) is 3.51. The second-order valence-corrected chi connectivity index (χ2v) is 6.44. The molecule has 4 heteroatoms. The van der Waals surface area contributed by atoms with E-state index in [1.165, 1.54) is 7.11 Å². The lowest BCUT2D eigenvalue weighted by atomic mass is 9.86. The number of ether oxygens (including phenoxy) is 1. The molecule has 4 nitrogen and oxygen atoms in total. The molecule has 0 bridgehead atoms. The summed E-state index contributed by atoms with van der Waals surface area (Å²) in [5, 5.41) is 12.8. The maximum atomic E-state index is 12.3. The number of phenols is 1. The van der Waals surface area contributed by atoms with Gasteiger partial charge in [-0.05, 0) is 56.2 Å². The Morgan fingerprint density at radius 2 is 1.92 bits per heavy atom. The number of benzene rings is 1. The van der Waals surface area contributed by atoms with Crippen LogP contribution in [-0.4, -0.2) is 24.2 Å². The Bertz CT molecular complexity index is 591. The van der Waals surface area contributed by atoms with Crippen molar-refractivity contribution in [2.75, 3.05) is 7.11 Å². The molecule has 1 aromatic carbocycles. The third-order valence-corrected chi connectivity index (χ3v) is 4.92. The van der Waals surface area contributed by atoms with Gasteiger partial charge in [0.25, 0.3) is 0 Å². The zero-order valence-electron chi connectivity index (χ0n) is 15.0. The van der Waals surface area contributed by atoms with Crippen molar-refractivity contribution >= 4 is 5.91 Å². The molecule has 0 aromatic heterocycles. The molecule has 0 radical (unpaired) electrons. The molecule has 0 atom stereocenters. The van der Waals surface area contributed by atoms with Crippen LogP contribution in [-0.2, 0) is 11.2 Å². The van der Waals surface area contributed by atoms with Crippen LogP contribution in [0.2, 0.25) is 0 Å². The minimum absolute atomic E-state index is 0.0337. The van der Waals surface area contributed by atoms with Gasteiger partial charge in [-0.15, -0.1) is 0 Å². The Morgan fingerprint density at radius 3 is 2.50 bits per heavy atom. The first-order valence-corrected chi connectivity index (χ1v) is 8.92. The van der Waals surface area contributed by atoms with Crippen LogP contribution >= 0.6 is 0 Å². The van der Waals surface area contributed by atoms with Gasteiger partial charge in [-0.1, -0.05) is 31.1 Å². The van der Waals surface area contributed by atoms with E-state index < -0.39 is 0 Å². The van der Waals surface area contributed by atoms with Gasteiger partial charge in [0.1, 0.15) is 0 Å². The summed E-state index contributed by atoms with van der Waals surface area (Å²) >= 11 is 0. The van der Waals surface area contributed by atoms with Crippen LogP contribution in [0.25, 0.3) is 0 Å². The van der Waals surface area contributed by atoms with E-state index in [1.54, 1.807) is 29.3 Å². The smallest absolute Gasteiger partial charge is 0.224 e. The first kappa shape index (κ1) is 18.4. The second-order valence-electron chi connectivity index (χ2n) is 6.44. The average molecular weight is 331 g/mol. The van der Waals surface area contributed by atoms with Crippen molar-refractivity contribution in [1.82, 2.24) is 5.32 Å². The predicted octanol–water partition coefficient (Wildman–Crippen LogP) is 4.12. The quantitative estimate of drug-likeness (QED) is 0.771. The van der Waals surface area contributed by atoms with Crippen molar-refractivity contribution in [3.63, 3.8) is 0 Å². The largest absolute Gasteiger partial charge is 0.504 e. The molecule has 0 unspecified atom stereocenters. The average Bonchev–Trinajstić information content (AvgIpc) is 2.59. The Hall–Kier alpha value is -1.97. The van der Waals surface area contributed by atoms with Gasteiger partial charge in [0, 0.05) is 6.04 Å². The highest BCUT2D eigenvalue weighted by atomic mass is 16.5. The van der Waals surface area contributed by atoms with Crippen LogP contribution in [0.15, 0.2) is 29.3 Å². The fourth-order valence-electron chi connectivity index (χ4n) is 3.51. The monoisotopic (exact) mass is 331 g/mol. The number of rotatable bonds is 6. The molecule has 0 heterocycles. The third-order valence-electron chi connectivity index (χ3n) is 4.92. The number of methoxy groups -OCH3 is 1. The van der Waals surface area contributed by atoms with Crippen LogP contribution in [0.5, 0.6) is 11.5 Å². The maximum absolute atomic E-state index is 12.3. The van der Waals surface area contributed by atoms with E-state index in [4.69, 9.17) is 4.74 Å². The number of carbonyl (C=O) groups is 1. The summed E-state index contributed by atoms with van der Waals surface area (Å²) in [5.41, 5.74) is 4.04. The number of hydrogen-bond acceptors (Lipinski definition) is 3. The second kappa shape index (κ2) is 8.76. The van der Waals surface area contributed by atoms with E-state index in [0.29, 0.717) is 12.2 Å². The molecule has 132 valence electrons. The Labute approximate surface area is 144 Å². The molecular weight excluding hydrogens is 302 g/mol. The standard InChI is InChI=1S/C20H29NO3/c1-4-15(5-2)16-7-9-17(10-8-16)21-20(23)13-14-6-11-18(22)19(12-14)24-3/h6,11-12,17,22H,4-5,7-10,13H2,1-3H3,(H,21,23). The Balaban J connectivity index is 1.87. The molecular formula is C20H29NO3. The van der Waals surface area contributed by atoms with Gasteiger partial charge in [-0.3, -0.25) is 4.79 Å². The van der Waals surface area contributed by atoms with Crippen LogP contribution in [0.1, 0.15) is 57.9 Å². The van der Waals surface area contributed by atoms with Gasteiger partial charge >= 0.3 is 0 Å². The SMILES string of the molecule is CCC(CC)=C1CCC(NC(=O)Cc2ccc(O)c(OC)c2)CC1. The van der Waals surface area contributed by atoms with Gasteiger partial charge in [0.2, 0.25) is 5.91 Å². The Morgan fingerprint density at radius 1 is 1.25 bits per heavy atom. The predicted molar refractivity (Wildman–Crippen MR) is 96.4 cm³/mol. The Kier molecular flexibility index (Phi) is 6.71. The van der Waals surface area contributed by atoms with Crippen LogP contribution in [0.3, 0.4) is 0 Å². The van der Waals surface area contributed by atoms with Crippen LogP contribution in [0.4, 0.5) is 0 Å². The van der Waals surface area contributed by atoms with Crippen molar-refractivity contribution in [2.24, 2.45) is 0 Å². The van der Waals surface area contributed by atoms with Crippen molar-refractivity contribution in [1.29, 1.82) is 0 Å². The van der Waals surface area contributed by atoms with Crippen molar-refractivity contribution in [2.45, 2.75) is 64.8 Å². The van der Waals surface area contributed by atoms with Crippen molar-refractivity contribution in [3.05, 3.63) is 34.9 Å². The highest BCUT2D eigenvalue weighted by molar-refractivity contribution is 5.79. The highest BCUT2D eigenvalue weighted by Crippen LogP contribution is 2.29. The van der Waals surface area contributed by atoms with E-state index in [-0.39, 0.29) is 17.7 Å². The molecule has 1 fully saturated rings. The van der Waals surface area contributed by atoms with E-state index in [2.05, 4.69) is 19.2 Å². The summed E-state index contributed by atoms with van der Waals surface area (Å²) in [6.45, 7) is 4.46. The molecule has 2 N–H and O–H groups in total. The third kappa shape index (κ3) is 4.76. The van der Waals surface area contributed by atoms with Crippen molar-refractivity contribution < 1.29 is 14.6 Å². The maximum Gasteiger partial charge on any atom is 0.224 e. The zero-order chi connectivity index (χ0) is 17.5. The first-order valence-electron chi connectivity index (χ1n) is 8.92. The number of amides is 1. The summed E-state index contributed by atoms with van der Waals surface area (Å²) < 4.78 is 5.09. The zero-order valence-corrected chi connectivity index (χ0v) is 15.0. The van der Waals surface area contributed by atoms with Gasteiger partial charge < -0.3 is 15.2 Å². The molecule has 0 spiro atoms. The van der Waals surface area contributed by atoms with Crippen LogP contribution in [0, 0.1) is 0 Å². The molecule has 1 aliphatic rings. The number of phenolic OH excluding ortho intramolecular Hbond substituents is 1. The number of aromatic hydroxyl groups is 1. The van der Waals surface area contributed by atoms with E-state index in [9.17, 15) is 9.90 Å². The summed E-state index contributed by atoms with van der Waals surface area (Å²) in [7, 11) is 1.51. The molecule has 0 aliphatic heterocycles. The van der Waals surface area contributed by atoms with Gasteiger partial charge in [-0.2, -0.15) is 0 Å². The number of hydrogen-bond donors (Lipinski definition) is 2. The summed E-state index contributed by atoms with van der Waals surface area (Å²) in [6, 6.07) is 5.31. The van der Waals surface area contributed by atoms with Gasteiger partial charge in [-0.25, -0.2) is 0 Å². The number of allylic oxidation sites excluding steroid dienone is 2. The van der Waals surface area contributed by atoms with Gasteiger partial charge in [0.05, 0.1) is 13.5 Å². The molecule has 1 aromatic rings. The fraction of sp³-hybridized carbons (Fsp3) is 0.550. The topological polar surface area (TPSA) is 58.6 Å². The molecule has 2 rings (SSSR count). The first-order chi connectivity index (χ1) is 11.6. The normalized spacial score (nSPS) is 17.5. The van der Waals surface area contributed by atoms with E-state index >= 15 is 0 Å².